The number of hydrogen-bond donors (Lipinski definition) is 1. The van der Waals surface area contributed by atoms with E-state index in [1.807, 2.05) is 0 Å². The summed E-state index contributed by atoms with van der Waals surface area (Å²) in [5.41, 5.74) is 2.85. The highest BCUT2D eigenvalue weighted by atomic mass is 14.9. The maximum atomic E-state index is 3.50. The van der Waals surface area contributed by atoms with E-state index in [1.165, 1.54) is 49.7 Å². The molecule has 1 atom stereocenters. The lowest BCUT2D eigenvalue weighted by atomic mass is 9.93. The molecule has 2 rings (SSSR count). The van der Waals surface area contributed by atoms with E-state index in [4.69, 9.17) is 0 Å². The lowest BCUT2D eigenvalue weighted by Gasteiger charge is -2.20. The minimum Gasteiger partial charge on any atom is -0.317 e. The molecule has 1 aromatic carbocycles. The van der Waals surface area contributed by atoms with Gasteiger partial charge in [-0.05, 0) is 38.3 Å². The summed E-state index contributed by atoms with van der Waals surface area (Å²) >= 11 is 0. The van der Waals surface area contributed by atoms with E-state index in [0.29, 0.717) is 6.04 Å². The summed E-state index contributed by atoms with van der Waals surface area (Å²) in [6.07, 6.45) is 8.33. The van der Waals surface area contributed by atoms with E-state index in [2.05, 4.69) is 43.6 Å². The van der Waals surface area contributed by atoms with E-state index >= 15 is 0 Å². The summed E-state index contributed by atoms with van der Waals surface area (Å²) in [4.78, 5) is 0. The fourth-order valence-corrected chi connectivity index (χ4v) is 3.08. The number of likely N-dealkylation sites (N-methyl/N-ethyl adjacent to an activating group) is 1. The summed E-state index contributed by atoms with van der Waals surface area (Å²) in [5, 5.41) is 3.50. The molecule has 0 aliphatic heterocycles. The molecular formula is C16H25N. The molecule has 1 N–H and O–H groups in total. The topological polar surface area (TPSA) is 12.0 Å². The first-order valence-corrected chi connectivity index (χ1v) is 7.00. The van der Waals surface area contributed by atoms with Crippen molar-refractivity contribution in [2.45, 2.75) is 51.5 Å². The minimum absolute atomic E-state index is 0.653. The van der Waals surface area contributed by atoms with Gasteiger partial charge < -0.3 is 5.32 Å². The Bertz CT molecular complexity index is 339. The maximum Gasteiger partial charge on any atom is 0.0107 e. The van der Waals surface area contributed by atoms with Crippen LogP contribution in [-0.2, 0) is 6.42 Å². The van der Waals surface area contributed by atoms with Crippen molar-refractivity contribution in [3.63, 3.8) is 0 Å². The van der Waals surface area contributed by atoms with Gasteiger partial charge in [-0.3, -0.25) is 0 Å². The Balaban J connectivity index is 1.90. The molecule has 17 heavy (non-hydrogen) atoms. The first kappa shape index (κ1) is 12.6. The molecule has 0 spiro atoms. The number of hydrogen-bond acceptors (Lipinski definition) is 1. The monoisotopic (exact) mass is 231 g/mol. The summed E-state index contributed by atoms with van der Waals surface area (Å²) in [6.45, 7) is 2.18. The predicted molar refractivity (Wildman–Crippen MR) is 74.3 cm³/mol. The normalized spacial score (nSPS) is 18.5. The third-order valence-electron chi connectivity index (χ3n) is 4.07. The van der Waals surface area contributed by atoms with Crippen LogP contribution in [0.25, 0.3) is 0 Å². The highest BCUT2D eigenvalue weighted by Gasteiger charge is 2.19. The number of nitrogens with one attached hydrogen (secondary N) is 1. The Kier molecular flexibility index (Phi) is 4.61. The summed E-state index contributed by atoms with van der Waals surface area (Å²) in [5.74, 6) is 0.970. The van der Waals surface area contributed by atoms with E-state index in [0.717, 1.165) is 5.92 Å². The largest absolute Gasteiger partial charge is 0.317 e. The molecule has 0 aromatic heterocycles. The van der Waals surface area contributed by atoms with Gasteiger partial charge in [-0.2, -0.15) is 0 Å². The van der Waals surface area contributed by atoms with Crippen LogP contribution in [0.3, 0.4) is 0 Å². The van der Waals surface area contributed by atoms with Crippen LogP contribution in [0.4, 0.5) is 0 Å². The van der Waals surface area contributed by atoms with Crippen LogP contribution in [0.2, 0.25) is 0 Å². The molecule has 0 bridgehead atoms. The lowest BCUT2D eigenvalue weighted by molar-refractivity contribution is 0.402. The Morgan fingerprint density at radius 1 is 1.29 bits per heavy atom. The molecule has 1 aliphatic rings. The second-order valence-corrected chi connectivity index (χ2v) is 5.56. The van der Waals surface area contributed by atoms with Gasteiger partial charge in [0.15, 0.2) is 0 Å². The van der Waals surface area contributed by atoms with E-state index < -0.39 is 0 Å². The third kappa shape index (κ3) is 3.85. The Morgan fingerprint density at radius 3 is 2.71 bits per heavy atom. The molecule has 1 fully saturated rings. The van der Waals surface area contributed by atoms with Crippen LogP contribution in [-0.4, -0.2) is 13.1 Å². The van der Waals surface area contributed by atoms with Gasteiger partial charge in [0.25, 0.3) is 0 Å². The standard InChI is InChI=1S/C16H25N/c1-13-6-5-9-15(10-13)12-16(17-2)11-14-7-3-4-8-14/h5-6,9-10,14,16-17H,3-4,7-8,11-12H2,1-2H3. The molecule has 94 valence electrons. The molecule has 1 aromatic rings. The fraction of sp³-hybridized carbons (Fsp3) is 0.625. The summed E-state index contributed by atoms with van der Waals surface area (Å²) in [7, 11) is 2.11. The third-order valence-corrected chi connectivity index (χ3v) is 4.07. The molecule has 1 unspecified atom stereocenters. The van der Waals surface area contributed by atoms with E-state index in [9.17, 15) is 0 Å². The zero-order chi connectivity index (χ0) is 12.1. The minimum atomic E-state index is 0.653. The van der Waals surface area contributed by atoms with E-state index in [1.54, 1.807) is 0 Å². The molecule has 1 heteroatoms. The quantitative estimate of drug-likeness (QED) is 0.814. The lowest BCUT2D eigenvalue weighted by Crippen LogP contribution is -2.29. The van der Waals surface area contributed by atoms with Crippen molar-refractivity contribution in [1.29, 1.82) is 0 Å². The zero-order valence-electron chi connectivity index (χ0n) is 11.2. The van der Waals surface area contributed by atoms with Gasteiger partial charge in [0.1, 0.15) is 0 Å². The first-order valence-electron chi connectivity index (χ1n) is 7.00. The molecule has 0 saturated heterocycles. The molecule has 1 saturated carbocycles. The van der Waals surface area contributed by atoms with Crippen molar-refractivity contribution in [3.8, 4) is 0 Å². The number of rotatable bonds is 5. The van der Waals surface area contributed by atoms with Crippen molar-refractivity contribution in [2.24, 2.45) is 5.92 Å². The predicted octanol–water partition coefficient (Wildman–Crippen LogP) is 3.71. The van der Waals surface area contributed by atoms with Crippen molar-refractivity contribution < 1.29 is 0 Å². The van der Waals surface area contributed by atoms with E-state index in [-0.39, 0.29) is 0 Å². The fourth-order valence-electron chi connectivity index (χ4n) is 3.08. The van der Waals surface area contributed by atoms with Crippen LogP contribution in [0, 0.1) is 12.8 Å². The van der Waals surface area contributed by atoms with Crippen LogP contribution in [0.5, 0.6) is 0 Å². The SMILES string of the molecule is CNC(Cc1cccc(C)c1)CC1CCCC1. The second kappa shape index (κ2) is 6.20. The van der Waals surface area contributed by atoms with Crippen molar-refractivity contribution in [1.82, 2.24) is 5.32 Å². The number of benzene rings is 1. The van der Waals surface area contributed by atoms with Gasteiger partial charge >= 0.3 is 0 Å². The average Bonchev–Trinajstić information content (AvgIpc) is 2.81. The summed E-state index contributed by atoms with van der Waals surface area (Å²) in [6, 6.07) is 9.58. The molecular weight excluding hydrogens is 206 g/mol. The summed E-state index contributed by atoms with van der Waals surface area (Å²) < 4.78 is 0. The number of aryl methyl sites for hydroxylation is 1. The van der Waals surface area contributed by atoms with Gasteiger partial charge in [0, 0.05) is 6.04 Å². The smallest absolute Gasteiger partial charge is 0.0107 e. The van der Waals surface area contributed by atoms with Crippen LogP contribution < -0.4 is 5.32 Å². The molecule has 1 aliphatic carbocycles. The van der Waals surface area contributed by atoms with Gasteiger partial charge in [-0.25, -0.2) is 0 Å². The van der Waals surface area contributed by atoms with Crippen LogP contribution in [0.1, 0.15) is 43.2 Å². The Morgan fingerprint density at radius 2 is 2.06 bits per heavy atom. The van der Waals surface area contributed by atoms with Crippen LogP contribution >= 0.6 is 0 Å². The maximum absolute atomic E-state index is 3.50. The van der Waals surface area contributed by atoms with Gasteiger partial charge in [0.2, 0.25) is 0 Å². The zero-order valence-corrected chi connectivity index (χ0v) is 11.2. The van der Waals surface area contributed by atoms with Gasteiger partial charge in [-0.1, -0.05) is 55.5 Å². The Hall–Kier alpha value is -0.820. The van der Waals surface area contributed by atoms with Crippen LogP contribution in [0.15, 0.2) is 24.3 Å². The molecule has 0 amide bonds. The highest BCUT2D eigenvalue weighted by molar-refractivity contribution is 5.23. The molecule has 1 nitrogen and oxygen atoms in total. The van der Waals surface area contributed by atoms with Gasteiger partial charge in [0.05, 0.1) is 0 Å². The van der Waals surface area contributed by atoms with Gasteiger partial charge in [-0.15, -0.1) is 0 Å². The van der Waals surface area contributed by atoms with Crippen molar-refractivity contribution in [2.75, 3.05) is 7.05 Å². The molecule has 0 heterocycles. The average molecular weight is 231 g/mol. The Labute approximate surface area is 106 Å². The first-order chi connectivity index (χ1) is 8.28. The van der Waals surface area contributed by atoms with Crippen molar-refractivity contribution in [3.05, 3.63) is 35.4 Å². The highest BCUT2D eigenvalue weighted by Crippen LogP contribution is 2.29. The second-order valence-electron chi connectivity index (χ2n) is 5.56. The molecule has 0 radical (unpaired) electrons. The van der Waals surface area contributed by atoms with Crippen molar-refractivity contribution >= 4 is 0 Å².